The number of nitrogens with one attached hydrogen (secondary N) is 1. The first-order valence-corrected chi connectivity index (χ1v) is 8.74. The van der Waals surface area contributed by atoms with E-state index >= 15 is 0 Å². The maximum atomic E-state index is 6.06. The van der Waals surface area contributed by atoms with E-state index in [1.54, 1.807) is 0 Å². The van der Waals surface area contributed by atoms with E-state index in [1.165, 1.54) is 57.5 Å². The third kappa shape index (κ3) is 3.19. The van der Waals surface area contributed by atoms with E-state index in [0.717, 1.165) is 12.5 Å². The van der Waals surface area contributed by atoms with Crippen LogP contribution >= 0.6 is 0 Å². The molecule has 3 aliphatic rings. The average molecular weight is 301 g/mol. The van der Waals surface area contributed by atoms with E-state index in [1.807, 2.05) is 18.5 Å². The molecule has 2 aliphatic heterocycles. The Labute approximate surface area is 133 Å². The van der Waals surface area contributed by atoms with Crippen molar-refractivity contribution in [3.05, 3.63) is 30.1 Å². The fourth-order valence-corrected chi connectivity index (χ4v) is 4.23. The van der Waals surface area contributed by atoms with Crippen LogP contribution in [0.4, 0.5) is 0 Å². The summed E-state index contributed by atoms with van der Waals surface area (Å²) in [6.07, 6.45) is 7.93. The molecule has 0 aromatic carbocycles. The van der Waals surface area contributed by atoms with Crippen molar-refractivity contribution in [2.45, 2.75) is 25.9 Å². The van der Waals surface area contributed by atoms with Crippen LogP contribution in [0.2, 0.25) is 0 Å². The van der Waals surface area contributed by atoms with Crippen molar-refractivity contribution in [1.29, 1.82) is 0 Å². The van der Waals surface area contributed by atoms with Crippen molar-refractivity contribution < 1.29 is 4.74 Å². The molecular weight excluding hydrogens is 274 g/mol. The molecule has 4 heteroatoms. The van der Waals surface area contributed by atoms with Gasteiger partial charge in [-0.1, -0.05) is 6.07 Å². The van der Waals surface area contributed by atoms with Crippen LogP contribution in [0, 0.1) is 17.3 Å². The first kappa shape index (κ1) is 14.6. The Morgan fingerprint density at radius 1 is 1.41 bits per heavy atom. The number of rotatable bonds is 6. The lowest BCUT2D eigenvalue weighted by molar-refractivity contribution is 0.0554. The molecule has 3 heterocycles. The summed E-state index contributed by atoms with van der Waals surface area (Å²) in [5.74, 6) is 1.67. The van der Waals surface area contributed by atoms with Gasteiger partial charge in [0, 0.05) is 49.9 Å². The standard InChI is InChI=1S/C18H27N3O/c1-2-16(8-19-6-1)11-22-12-17-10-21(9-15-3-4-15)14-18(17)5-7-20-13-18/h1-2,6,8,15,17,20H,3-5,7,9-14H2/t17-,18-/m0/s1. The lowest BCUT2D eigenvalue weighted by Gasteiger charge is -2.29. The second-order valence-electron chi connectivity index (χ2n) is 7.50. The molecule has 2 atom stereocenters. The summed E-state index contributed by atoms with van der Waals surface area (Å²) in [5.41, 5.74) is 1.64. The third-order valence-corrected chi connectivity index (χ3v) is 5.68. The van der Waals surface area contributed by atoms with Gasteiger partial charge in [-0.25, -0.2) is 0 Å². The van der Waals surface area contributed by atoms with Crippen molar-refractivity contribution in [1.82, 2.24) is 15.2 Å². The zero-order valence-electron chi connectivity index (χ0n) is 13.3. The number of likely N-dealkylation sites (tertiary alicyclic amines) is 1. The van der Waals surface area contributed by atoms with Crippen molar-refractivity contribution >= 4 is 0 Å². The van der Waals surface area contributed by atoms with Crippen LogP contribution in [0.1, 0.15) is 24.8 Å². The molecule has 4 nitrogen and oxygen atoms in total. The lowest BCUT2D eigenvalue weighted by atomic mass is 9.78. The second kappa shape index (κ2) is 6.26. The lowest BCUT2D eigenvalue weighted by Crippen LogP contribution is -2.35. The van der Waals surface area contributed by atoms with Gasteiger partial charge in [0.15, 0.2) is 0 Å². The number of hydrogen-bond acceptors (Lipinski definition) is 4. The first-order valence-electron chi connectivity index (χ1n) is 8.74. The van der Waals surface area contributed by atoms with Crippen molar-refractivity contribution in [3.63, 3.8) is 0 Å². The van der Waals surface area contributed by atoms with Gasteiger partial charge in [0.1, 0.15) is 0 Å². The Hall–Kier alpha value is -0.970. The fraction of sp³-hybridized carbons (Fsp3) is 0.722. The summed E-state index contributed by atoms with van der Waals surface area (Å²) < 4.78 is 6.06. The van der Waals surface area contributed by atoms with Crippen LogP contribution in [0.5, 0.6) is 0 Å². The number of nitrogens with zero attached hydrogens (tertiary/aromatic N) is 2. The summed E-state index contributed by atoms with van der Waals surface area (Å²) in [7, 11) is 0. The Bertz CT molecular complexity index is 482. The normalized spacial score (nSPS) is 32.1. The Morgan fingerprint density at radius 3 is 3.09 bits per heavy atom. The van der Waals surface area contributed by atoms with Crippen LogP contribution < -0.4 is 5.32 Å². The minimum absolute atomic E-state index is 0.462. The SMILES string of the molecule is c1cncc(COC[C@@H]2CN(CC3CC3)C[C@@]23CCNC3)c1. The average Bonchev–Trinajstić information content (AvgIpc) is 3.12. The number of hydrogen-bond donors (Lipinski definition) is 1. The number of pyridine rings is 1. The highest BCUT2D eigenvalue weighted by atomic mass is 16.5. The summed E-state index contributed by atoms with van der Waals surface area (Å²) >= 11 is 0. The maximum Gasteiger partial charge on any atom is 0.0731 e. The van der Waals surface area contributed by atoms with Gasteiger partial charge in [0.05, 0.1) is 13.2 Å². The molecule has 1 saturated carbocycles. The van der Waals surface area contributed by atoms with Crippen molar-refractivity contribution in [2.24, 2.45) is 17.3 Å². The molecule has 0 unspecified atom stereocenters. The van der Waals surface area contributed by atoms with Gasteiger partial charge in [0.25, 0.3) is 0 Å². The van der Waals surface area contributed by atoms with Crippen molar-refractivity contribution in [2.75, 3.05) is 39.3 Å². The highest BCUT2D eigenvalue weighted by Gasteiger charge is 2.48. The van der Waals surface area contributed by atoms with Crippen LogP contribution in [0.25, 0.3) is 0 Å². The topological polar surface area (TPSA) is 37.4 Å². The van der Waals surface area contributed by atoms with E-state index in [-0.39, 0.29) is 0 Å². The van der Waals surface area contributed by atoms with Gasteiger partial charge in [-0.15, -0.1) is 0 Å². The molecule has 1 N–H and O–H groups in total. The molecule has 0 bridgehead atoms. The highest BCUT2D eigenvalue weighted by molar-refractivity contribution is 5.07. The quantitative estimate of drug-likeness (QED) is 0.871. The Balaban J connectivity index is 1.33. The Morgan fingerprint density at radius 2 is 2.36 bits per heavy atom. The second-order valence-corrected chi connectivity index (χ2v) is 7.50. The smallest absolute Gasteiger partial charge is 0.0731 e. The van der Waals surface area contributed by atoms with E-state index in [9.17, 15) is 0 Å². The summed E-state index contributed by atoms with van der Waals surface area (Å²) in [5, 5.41) is 3.59. The molecule has 3 fully saturated rings. The maximum absolute atomic E-state index is 6.06. The van der Waals surface area contributed by atoms with E-state index in [0.29, 0.717) is 17.9 Å². The summed E-state index contributed by atoms with van der Waals surface area (Å²) in [6.45, 7) is 7.75. The van der Waals surface area contributed by atoms with Gasteiger partial charge >= 0.3 is 0 Å². The molecule has 1 aromatic rings. The van der Waals surface area contributed by atoms with E-state index < -0.39 is 0 Å². The van der Waals surface area contributed by atoms with Crippen LogP contribution in [-0.2, 0) is 11.3 Å². The van der Waals surface area contributed by atoms with Gasteiger partial charge in [0.2, 0.25) is 0 Å². The van der Waals surface area contributed by atoms with Crippen LogP contribution in [0.15, 0.2) is 24.5 Å². The van der Waals surface area contributed by atoms with Gasteiger partial charge < -0.3 is 15.0 Å². The molecule has 4 rings (SSSR count). The molecule has 1 aromatic heterocycles. The fourth-order valence-electron chi connectivity index (χ4n) is 4.23. The largest absolute Gasteiger partial charge is 0.376 e. The highest BCUT2D eigenvalue weighted by Crippen LogP contribution is 2.43. The minimum atomic E-state index is 0.462. The van der Waals surface area contributed by atoms with Crippen LogP contribution in [-0.4, -0.2) is 49.2 Å². The zero-order valence-corrected chi connectivity index (χ0v) is 13.3. The summed E-state index contributed by atoms with van der Waals surface area (Å²) in [4.78, 5) is 6.87. The molecule has 2 saturated heterocycles. The minimum Gasteiger partial charge on any atom is -0.376 e. The molecule has 0 amide bonds. The Kier molecular flexibility index (Phi) is 4.16. The van der Waals surface area contributed by atoms with E-state index in [4.69, 9.17) is 4.74 Å². The monoisotopic (exact) mass is 301 g/mol. The first-order chi connectivity index (χ1) is 10.8. The van der Waals surface area contributed by atoms with Gasteiger partial charge in [-0.05, 0) is 43.4 Å². The molecule has 22 heavy (non-hydrogen) atoms. The molecule has 1 aliphatic carbocycles. The van der Waals surface area contributed by atoms with Crippen LogP contribution in [0.3, 0.4) is 0 Å². The molecular formula is C18H27N3O. The molecule has 0 radical (unpaired) electrons. The summed E-state index contributed by atoms with van der Waals surface area (Å²) in [6, 6.07) is 4.07. The third-order valence-electron chi connectivity index (χ3n) is 5.68. The van der Waals surface area contributed by atoms with Gasteiger partial charge in [-0.3, -0.25) is 4.98 Å². The number of ether oxygens (including phenoxy) is 1. The molecule has 1 spiro atoms. The predicted molar refractivity (Wildman–Crippen MR) is 86.5 cm³/mol. The van der Waals surface area contributed by atoms with Gasteiger partial charge in [-0.2, -0.15) is 0 Å². The predicted octanol–water partition coefficient (Wildman–Crippen LogP) is 1.92. The number of aromatic nitrogens is 1. The van der Waals surface area contributed by atoms with E-state index in [2.05, 4.69) is 21.3 Å². The van der Waals surface area contributed by atoms with Crippen molar-refractivity contribution in [3.8, 4) is 0 Å². The zero-order chi connectivity index (χ0) is 14.8. The molecule has 120 valence electrons.